The zero-order valence-corrected chi connectivity index (χ0v) is 13.8. The minimum atomic E-state index is -2.41. The molecular formula is C18H28O6. The van der Waals surface area contributed by atoms with Crippen LogP contribution in [0.25, 0.3) is 0 Å². The van der Waals surface area contributed by atoms with Crippen LogP contribution in [0.15, 0.2) is 50.6 Å². The van der Waals surface area contributed by atoms with Gasteiger partial charge in [-0.25, -0.2) is 0 Å². The van der Waals surface area contributed by atoms with Crippen molar-refractivity contribution in [1.29, 1.82) is 0 Å². The average molecular weight is 340 g/mol. The molecule has 0 spiro atoms. The van der Waals surface area contributed by atoms with Gasteiger partial charge in [0, 0.05) is 0 Å². The van der Waals surface area contributed by atoms with Crippen molar-refractivity contribution in [2.24, 2.45) is 0 Å². The minimum absolute atomic E-state index is 0.321. The highest BCUT2D eigenvalue weighted by molar-refractivity contribution is 5.30. The molecule has 0 aliphatic heterocycles. The van der Waals surface area contributed by atoms with Crippen LogP contribution in [-0.4, -0.2) is 65.3 Å². The molecule has 136 valence electrons. The molecule has 1 fully saturated rings. The average Bonchev–Trinajstić information content (AvgIpc) is 2.52. The molecule has 24 heavy (non-hydrogen) atoms. The molecule has 0 aromatic rings. The van der Waals surface area contributed by atoms with Gasteiger partial charge in [0.1, 0.15) is 34.6 Å². The molecule has 0 bridgehead atoms. The van der Waals surface area contributed by atoms with Crippen LogP contribution in [0.5, 0.6) is 0 Å². The monoisotopic (exact) mass is 340 g/mol. The maximum Gasteiger partial charge on any atom is 0.131 e. The molecule has 1 saturated carbocycles. The van der Waals surface area contributed by atoms with Crippen molar-refractivity contribution in [2.75, 3.05) is 0 Å². The fraction of sp³-hybridized carbons (Fsp3) is 0.556. The lowest BCUT2D eigenvalue weighted by atomic mass is 9.51. The standard InChI is InChI=1S/C18H28O6/c1-5-9-15(21)13(19)16(22,10-6-2)18(24,12-8-4)17(23,11-7-3)14(15)20/h5-8,13-14,19-24H,1-4,9-12H2/t13-,14+,15?,16-,17+,18?. The molecule has 6 nitrogen and oxygen atoms in total. The van der Waals surface area contributed by atoms with Crippen LogP contribution in [0.1, 0.15) is 25.7 Å². The Labute approximate surface area is 142 Å². The van der Waals surface area contributed by atoms with Gasteiger partial charge in [-0.3, -0.25) is 0 Å². The van der Waals surface area contributed by atoms with Gasteiger partial charge in [-0.2, -0.15) is 0 Å². The first-order valence-corrected chi connectivity index (χ1v) is 7.75. The molecule has 2 unspecified atom stereocenters. The Balaban J connectivity index is 3.76. The van der Waals surface area contributed by atoms with Gasteiger partial charge in [-0.05, 0) is 25.7 Å². The highest BCUT2D eigenvalue weighted by Gasteiger charge is 2.76. The first-order chi connectivity index (χ1) is 11.1. The Hall–Kier alpha value is -1.28. The molecule has 6 N–H and O–H groups in total. The predicted molar refractivity (Wildman–Crippen MR) is 91.1 cm³/mol. The van der Waals surface area contributed by atoms with Gasteiger partial charge in [0.15, 0.2) is 0 Å². The quantitative estimate of drug-likeness (QED) is 0.345. The lowest BCUT2D eigenvalue weighted by Crippen LogP contribution is -2.86. The minimum Gasteiger partial charge on any atom is -0.387 e. The molecule has 0 radical (unpaired) electrons. The lowest BCUT2D eigenvalue weighted by molar-refractivity contribution is -0.372. The molecular weight excluding hydrogens is 312 g/mol. The fourth-order valence-corrected chi connectivity index (χ4v) is 3.82. The maximum atomic E-state index is 11.2. The van der Waals surface area contributed by atoms with E-state index < -0.39 is 34.6 Å². The van der Waals surface area contributed by atoms with Crippen molar-refractivity contribution in [1.82, 2.24) is 0 Å². The van der Waals surface area contributed by atoms with E-state index in [0.29, 0.717) is 0 Å². The zero-order chi connectivity index (χ0) is 18.8. The van der Waals surface area contributed by atoms with Crippen molar-refractivity contribution in [3.05, 3.63) is 50.6 Å². The van der Waals surface area contributed by atoms with E-state index in [4.69, 9.17) is 0 Å². The Morgan fingerprint density at radius 3 is 1.25 bits per heavy atom. The fourth-order valence-electron chi connectivity index (χ4n) is 3.82. The number of aliphatic hydroxyl groups is 6. The van der Waals surface area contributed by atoms with Crippen LogP contribution in [-0.2, 0) is 0 Å². The summed E-state index contributed by atoms with van der Waals surface area (Å²) in [7, 11) is 0. The summed E-state index contributed by atoms with van der Waals surface area (Å²) in [5, 5.41) is 65.6. The second-order valence-electron chi connectivity index (χ2n) is 6.48. The van der Waals surface area contributed by atoms with Crippen molar-refractivity contribution in [3.63, 3.8) is 0 Å². The van der Waals surface area contributed by atoms with Crippen LogP contribution in [0, 0.1) is 0 Å². The Kier molecular flexibility index (Phi) is 5.98. The van der Waals surface area contributed by atoms with Crippen LogP contribution in [0.2, 0.25) is 0 Å². The summed E-state index contributed by atoms with van der Waals surface area (Å²) in [5.41, 5.74) is -9.52. The Bertz CT molecular complexity index is 486. The molecule has 1 rings (SSSR count). The second-order valence-corrected chi connectivity index (χ2v) is 6.48. The van der Waals surface area contributed by atoms with Gasteiger partial charge >= 0.3 is 0 Å². The molecule has 6 heteroatoms. The molecule has 0 aromatic carbocycles. The highest BCUT2D eigenvalue weighted by Crippen LogP contribution is 2.54. The number of rotatable bonds is 8. The molecule has 0 saturated heterocycles. The van der Waals surface area contributed by atoms with Crippen LogP contribution in [0.4, 0.5) is 0 Å². The van der Waals surface area contributed by atoms with E-state index in [-0.39, 0.29) is 25.7 Å². The molecule has 0 heterocycles. The summed E-state index contributed by atoms with van der Waals surface area (Å²) in [4.78, 5) is 0. The van der Waals surface area contributed by atoms with E-state index in [1.807, 2.05) is 0 Å². The molecule has 0 aromatic heterocycles. The summed E-state index contributed by atoms with van der Waals surface area (Å²) < 4.78 is 0. The van der Waals surface area contributed by atoms with E-state index in [9.17, 15) is 30.6 Å². The molecule has 0 amide bonds. The Morgan fingerprint density at radius 1 is 0.625 bits per heavy atom. The maximum absolute atomic E-state index is 11.2. The van der Waals surface area contributed by atoms with E-state index in [0.717, 1.165) is 0 Å². The smallest absolute Gasteiger partial charge is 0.131 e. The normalized spacial score (nSPS) is 45.4. The van der Waals surface area contributed by atoms with Gasteiger partial charge in [0.2, 0.25) is 0 Å². The van der Waals surface area contributed by atoms with Crippen molar-refractivity contribution in [2.45, 2.75) is 60.3 Å². The third-order valence-electron chi connectivity index (χ3n) is 5.11. The van der Waals surface area contributed by atoms with Crippen molar-refractivity contribution >= 4 is 0 Å². The number of hydrogen-bond acceptors (Lipinski definition) is 6. The molecule has 1 aliphatic rings. The van der Waals surface area contributed by atoms with E-state index in [2.05, 4.69) is 26.3 Å². The van der Waals surface area contributed by atoms with Gasteiger partial charge in [0.05, 0.1) is 0 Å². The van der Waals surface area contributed by atoms with Gasteiger partial charge < -0.3 is 30.6 Å². The first-order valence-electron chi connectivity index (χ1n) is 7.75. The predicted octanol–water partition coefficient (Wildman–Crippen LogP) is -0.0494. The van der Waals surface area contributed by atoms with Gasteiger partial charge in [0.25, 0.3) is 0 Å². The number of hydrogen-bond donors (Lipinski definition) is 6. The Morgan fingerprint density at radius 2 is 0.958 bits per heavy atom. The third kappa shape index (κ3) is 2.50. The second kappa shape index (κ2) is 6.92. The largest absolute Gasteiger partial charge is 0.387 e. The van der Waals surface area contributed by atoms with E-state index >= 15 is 0 Å². The van der Waals surface area contributed by atoms with E-state index in [1.54, 1.807) is 0 Å². The molecule has 6 atom stereocenters. The summed E-state index contributed by atoms with van der Waals surface area (Å²) in [5.74, 6) is 0. The summed E-state index contributed by atoms with van der Waals surface area (Å²) in [6.45, 7) is 13.9. The summed E-state index contributed by atoms with van der Waals surface area (Å²) in [6, 6.07) is 0. The van der Waals surface area contributed by atoms with E-state index in [1.165, 1.54) is 24.3 Å². The molecule has 1 aliphatic carbocycles. The first kappa shape index (κ1) is 20.8. The van der Waals surface area contributed by atoms with Crippen LogP contribution < -0.4 is 0 Å². The SMILES string of the molecule is C=CCC1(O)[C@@H](O)[C@](O)(CC=C)C(O)(CC=C)[C@](O)(CC=C)[C@H]1O. The highest BCUT2D eigenvalue weighted by atomic mass is 16.5. The van der Waals surface area contributed by atoms with Crippen LogP contribution in [0.3, 0.4) is 0 Å². The number of aliphatic hydroxyl groups excluding tert-OH is 2. The van der Waals surface area contributed by atoms with Gasteiger partial charge in [-0.15, -0.1) is 26.3 Å². The summed E-state index contributed by atoms with van der Waals surface area (Å²) >= 11 is 0. The topological polar surface area (TPSA) is 121 Å². The zero-order valence-electron chi connectivity index (χ0n) is 13.8. The lowest BCUT2D eigenvalue weighted by Gasteiger charge is -2.64. The third-order valence-corrected chi connectivity index (χ3v) is 5.11. The van der Waals surface area contributed by atoms with Crippen LogP contribution >= 0.6 is 0 Å². The van der Waals surface area contributed by atoms with Crippen molar-refractivity contribution in [3.8, 4) is 0 Å². The summed E-state index contributed by atoms with van der Waals surface area (Å²) in [6.07, 6.45) is -0.328. The van der Waals surface area contributed by atoms with Gasteiger partial charge in [-0.1, -0.05) is 24.3 Å². The van der Waals surface area contributed by atoms with Crippen molar-refractivity contribution < 1.29 is 30.6 Å².